The lowest BCUT2D eigenvalue weighted by atomic mass is 10.2. The van der Waals surface area contributed by atoms with Crippen LogP contribution in [0.5, 0.6) is 0 Å². The second-order valence-corrected chi connectivity index (χ2v) is 6.29. The molecule has 1 aliphatic rings. The molecule has 0 aromatic heterocycles. The van der Waals surface area contributed by atoms with Gasteiger partial charge in [-0.05, 0) is 31.7 Å². The molecule has 1 heterocycles. The number of likely N-dealkylation sites (N-methyl/N-ethyl adjacent to an activating group) is 1. The second-order valence-electron chi connectivity index (χ2n) is 5.44. The highest BCUT2D eigenvalue weighted by Gasteiger charge is 2.25. The van der Waals surface area contributed by atoms with Crippen LogP contribution in [0.4, 0.5) is 5.69 Å². The van der Waals surface area contributed by atoms with Gasteiger partial charge in [-0.25, -0.2) is 0 Å². The topological polar surface area (TPSA) is 74.0 Å². The Kier molecular flexibility index (Phi) is 5.92. The maximum atomic E-state index is 12.6. The molecule has 0 radical (unpaired) electrons. The maximum Gasteiger partial charge on any atom is 0.277 e. The van der Waals surface area contributed by atoms with E-state index in [0.717, 1.165) is 18.7 Å². The lowest BCUT2D eigenvalue weighted by Gasteiger charge is -2.32. The SMILES string of the molecule is Cc1c(Cl)cccc1NN=C(C(=O)N1CCN(C)CC1)C(N)=S. The number of carbonyl (C=O) groups excluding carboxylic acids is 1. The zero-order chi connectivity index (χ0) is 17.0. The Bertz CT molecular complexity index is 641. The lowest BCUT2D eigenvalue weighted by molar-refractivity contribution is -0.125. The van der Waals surface area contributed by atoms with Crippen molar-refractivity contribution >= 4 is 46.1 Å². The summed E-state index contributed by atoms with van der Waals surface area (Å²) in [5, 5.41) is 4.74. The molecule has 0 spiro atoms. The molecule has 23 heavy (non-hydrogen) atoms. The van der Waals surface area contributed by atoms with Crippen LogP contribution in [0.3, 0.4) is 0 Å². The van der Waals surface area contributed by atoms with Crippen LogP contribution in [0, 0.1) is 6.92 Å². The Balaban J connectivity index is 2.16. The fourth-order valence-corrected chi connectivity index (χ4v) is 2.52. The number of carbonyl (C=O) groups is 1. The number of hydrogen-bond acceptors (Lipinski definition) is 5. The molecule has 8 heteroatoms. The zero-order valence-corrected chi connectivity index (χ0v) is 14.7. The van der Waals surface area contributed by atoms with Crippen molar-refractivity contribution < 1.29 is 4.79 Å². The van der Waals surface area contributed by atoms with Crippen molar-refractivity contribution in [2.45, 2.75) is 6.92 Å². The Morgan fingerprint density at radius 3 is 2.61 bits per heavy atom. The van der Waals surface area contributed by atoms with E-state index in [-0.39, 0.29) is 16.6 Å². The maximum absolute atomic E-state index is 12.6. The molecule has 0 unspecified atom stereocenters. The summed E-state index contributed by atoms with van der Waals surface area (Å²) < 4.78 is 0. The summed E-state index contributed by atoms with van der Waals surface area (Å²) in [7, 11) is 2.02. The minimum Gasteiger partial charge on any atom is -0.388 e. The van der Waals surface area contributed by atoms with Gasteiger partial charge in [0.25, 0.3) is 5.91 Å². The van der Waals surface area contributed by atoms with Gasteiger partial charge >= 0.3 is 0 Å². The average molecular weight is 354 g/mol. The second kappa shape index (κ2) is 7.72. The van der Waals surface area contributed by atoms with Crippen molar-refractivity contribution in [1.29, 1.82) is 0 Å². The number of amides is 1. The first-order chi connectivity index (χ1) is 10.9. The summed E-state index contributed by atoms with van der Waals surface area (Å²) >= 11 is 11.1. The van der Waals surface area contributed by atoms with Crippen molar-refractivity contribution in [1.82, 2.24) is 9.80 Å². The van der Waals surface area contributed by atoms with Gasteiger partial charge in [0.2, 0.25) is 0 Å². The Hall–Kier alpha value is -1.70. The van der Waals surface area contributed by atoms with Gasteiger partial charge < -0.3 is 15.5 Å². The fourth-order valence-electron chi connectivity index (χ4n) is 2.21. The Morgan fingerprint density at radius 1 is 1.35 bits per heavy atom. The van der Waals surface area contributed by atoms with Crippen LogP contribution in [-0.2, 0) is 4.79 Å². The largest absolute Gasteiger partial charge is 0.388 e. The minimum absolute atomic E-state index is 0.0268. The third kappa shape index (κ3) is 4.40. The first-order valence-electron chi connectivity index (χ1n) is 7.26. The Morgan fingerprint density at radius 2 is 2.00 bits per heavy atom. The van der Waals surface area contributed by atoms with Crippen LogP contribution in [0.1, 0.15) is 5.56 Å². The summed E-state index contributed by atoms with van der Waals surface area (Å²) in [5.41, 5.74) is 10.1. The first kappa shape index (κ1) is 17.7. The number of piperazine rings is 1. The fraction of sp³-hybridized carbons (Fsp3) is 0.400. The molecular formula is C15H20ClN5OS. The first-order valence-corrected chi connectivity index (χ1v) is 8.05. The molecule has 6 nitrogen and oxygen atoms in total. The van der Waals surface area contributed by atoms with E-state index in [1.807, 2.05) is 20.0 Å². The molecule has 0 bridgehead atoms. The highest BCUT2D eigenvalue weighted by molar-refractivity contribution is 7.82. The molecule has 0 saturated carbocycles. The van der Waals surface area contributed by atoms with Gasteiger partial charge in [0.05, 0.1) is 5.69 Å². The van der Waals surface area contributed by atoms with Crippen LogP contribution < -0.4 is 11.2 Å². The van der Waals surface area contributed by atoms with Crippen LogP contribution in [0.2, 0.25) is 5.02 Å². The number of hydrogen-bond donors (Lipinski definition) is 2. The van der Waals surface area contributed by atoms with E-state index < -0.39 is 0 Å². The summed E-state index contributed by atoms with van der Waals surface area (Å²) in [6, 6.07) is 5.41. The van der Waals surface area contributed by atoms with Crippen molar-refractivity contribution in [2.75, 3.05) is 38.7 Å². The predicted molar refractivity (Wildman–Crippen MR) is 98.1 cm³/mol. The van der Waals surface area contributed by atoms with Crippen LogP contribution in [-0.4, -0.2) is 59.6 Å². The molecule has 1 aliphatic heterocycles. The number of nitrogens with zero attached hydrogens (tertiary/aromatic N) is 3. The third-order valence-electron chi connectivity index (χ3n) is 3.78. The number of thiocarbonyl (C=S) groups is 1. The Labute approximate surface area is 146 Å². The number of hydrazone groups is 1. The van der Waals surface area contributed by atoms with E-state index in [1.165, 1.54) is 0 Å². The summed E-state index contributed by atoms with van der Waals surface area (Å²) in [6.45, 7) is 4.76. The van der Waals surface area contributed by atoms with Crippen LogP contribution in [0.15, 0.2) is 23.3 Å². The number of rotatable bonds is 4. The van der Waals surface area contributed by atoms with Gasteiger partial charge in [0.15, 0.2) is 5.71 Å². The highest BCUT2D eigenvalue weighted by atomic mass is 35.5. The molecule has 0 aliphatic carbocycles. The predicted octanol–water partition coefficient (Wildman–Crippen LogP) is 1.48. The smallest absolute Gasteiger partial charge is 0.277 e. The average Bonchev–Trinajstić information content (AvgIpc) is 2.51. The van der Waals surface area contributed by atoms with Crippen molar-refractivity contribution in [3.8, 4) is 0 Å². The molecule has 1 aromatic carbocycles. The van der Waals surface area contributed by atoms with E-state index in [9.17, 15) is 4.79 Å². The number of nitrogens with two attached hydrogens (primary N) is 1. The molecule has 2 rings (SSSR count). The van der Waals surface area contributed by atoms with E-state index in [1.54, 1.807) is 17.0 Å². The molecule has 1 saturated heterocycles. The molecular weight excluding hydrogens is 334 g/mol. The van der Waals surface area contributed by atoms with E-state index in [0.29, 0.717) is 23.8 Å². The van der Waals surface area contributed by atoms with Crippen molar-refractivity contribution in [3.05, 3.63) is 28.8 Å². The van der Waals surface area contributed by atoms with E-state index >= 15 is 0 Å². The quantitative estimate of drug-likeness (QED) is 0.487. The summed E-state index contributed by atoms with van der Waals surface area (Å²) in [5.74, 6) is -0.252. The van der Waals surface area contributed by atoms with Gasteiger partial charge in [-0.1, -0.05) is 29.9 Å². The molecule has 1 amide bonds. The zero-order valence-electron chi connectivity index (χ0n) is 13.2. The molecule has 3 N–H and O–H groups in total. The summed E-state index contributed by atoms with van der Waals surface area (Å²) in [4.78, 5) is 16.4. The number of nitrogens with one attached hydrogen (secondary N) is 1. The lowest BCUT2D eigenvalue weighted by Crippen LogP contribution is -2.51. The van der Waals surface area contributed by atoms with Crippen molar-refractivity contribution in [3.63, 3.8) is 0 Å². The monoisotopic (exact) mass is 353 g/mol. The molecule has 1 aromatic rings. The van der Waals surface area contributed by atoms with Crippen LogP contribution in [0.25, 0.3) is 0 Å². The normalized spacial score (nSPS) is 16.3. The standard InChI is InChI=1S/C15H20ClN5OS/c1-10-11(16)4-3-5-12(10)18-19-13(14(17)23)15(22)21-8-6-20(2)7-9-21/h3-5,18H,6-9H2,1-2H3,(H2,17,23). The molecule has 1 fully saturated rings. The van der Waals surface area contributed by atoms with Gasteiger partial charge in [-0.15, -0.1) is 0 Å². The van der Waals surface area contributed by atoms with Crippen molar-refractivity contribution in [2.24, 2.45) is 10.8 Å². The minimum atomic E-state index is -0.252. The van der Waals surface area contributed by atoms with Gasteiger partial charge in [-0.2, -0.15) is 5.10 Å². The van der Waals surface area contributed by atoms with Gasteiger partial charge in [-0.3, -0.25) is 10.2 Å². The van der Waals surface area contributed by atoms with Gasteiger partial charge in [0.1, 0.15) is 4.99 Å². The molecule has 124 valence electrons. The van der Waals surface area contributed by atoms with Gasteiger partial charge in [0, 0.05) is 31.2 Å². The number of benzene rings is 1. The third-order valence-corrected chi connectivity index (χ3v) is 4.39. The number of halogens is 1. The number of anilines is 1. The van der Waals surface area contributed by atoms with Crippen LogP contribution >= 0.6 is 23.8 Å². The highest BCUT2D eigenvalue weighted by Crippen LogP contribution is 2.22. The van der Waals surface area contributed by atoms with E-state index in [2.05, 4.69) is 15.4 Å². The van der Waals surface area contributed by atoms with E-state index in [4.69, 9.17) is 29.6 Å². The summed E-state index contributed by atoms with van der Waals surface area (Å²) in [6.07, 6.45) is 0. The molecule has 0 atom stereocenters.